The normalized spacial score (nSPS) is 31.3. The number of fused-ring (bicyclic) bond motifs is 1. The smallest absolute Gasteiger partial charge is 0.480 e. The summed E-state index contributed by atoms with van der Waals surface area (Å²) in [6.45, 7) is 22.4. The van der Waals surface area contributed by atoms with Crippen LogP contribution < -0.4 is 9.47 Å². The van der Waals surface area contributed by atoms with Gasteiger partial charge in [0, 0.05) is 21.8 Å². The molecule has 1 aromatic rings. The molecule has 0 aliphatic carbocycles. The van der Waals surface area contributed by atoms with E-state index in [0.29, 0.717) is 18.9 Å². The Hall–Kier alpha value is -0.848. The van der Waals surface area contributed by atoms with Crippen LogP contribution in [0.25, 0.3) is 0 Å². The highest BCUT2D eigenvalue weighted by Crippen LogP contribution is 2.63. The second-order valence-corrected chi connectivity index (χ2v) is 19.5. The lowest BCUT2D eigenvalue weighted by molar-refractivity contribution is 0.00578. The maximum Gasteiger partial charge on any atom is 0.480 e. The maximum absolute atomic E-state index is 7.16. The molecule has 202 valence electrons. The minimum absolute atomic E-state index is 0.0281. The highest BCUT2D eigenvalue weighted by molar-refractivity contribution is 8.02. The molecule has 4 heterocycles. The molecule has 0 bridgehead atoms. The predicted octanol–water partition coefficient (Wildman–Crippen LogP) is 5.28. The molecule has 0 unspecified atom stereocenters. The number of hydrogen-bond donors (Lipinski definition) is 0. The first-order chi connectivity index (χ1) is 16.4. The Morgan fingerprint density at radius 1 is 1.00 bits per heavy atom. The van der Waals surface area contributed by atoms with E-state index in [0.717, 1.165) is 5.56 Å². The van der Waals surface area contributed by atoms with E-state index in [1.807, 2.05) is 0 Å². The average molecular weight is 539 g/mol. The van der Waals surface area contributed by atoms with Gasteiger partial charge in [-0.25, -0.2) is 4.98 Å². The van der Waals surface area contributed by atoms with Gasteiger partial charge in [-0.1, -0.05) is 41.5 Å². The third-order valence-corrected chi connectivity index (χ3v) is 15.1. The Morgan fingerprint density at radius 2 is 1.58 bits per heavy atom. The van der Waals surface area contributed by atoms with E-state index in [9.17, 15) is 0 Å². The van der Waals surface area contributed by atoms with Crippen molar-refractivity contribution >= 4 is 27.4 Å². The van der Waals surface area contributed by atoms with Gasteiger partial charge in [-0.2, -0.15) is 4.98 Å². The zero-order chi connectivity index (χ0) is 26.9. The molecule has 0 N–H and O–H groups in total. The fourth-order valence-electron chi connectivity index (χ4n) is 5.82. The van der Waals surface area contributed by atoms with Crippen molar-refractivity contribution in [2.75, 3.05) is 20.8 Å². The summed E-state index contributed by atoms with van der Waals surface area (Å²) in [6, 6.07) is 0.256. The molecule has 4 rings (SSSR count). The Balaban J connectivity index is 1.82. The lowest BCUT2D eigenvalue weighted by Crippen LogP contribution is -2.63. The van der Waals surface area contributed by atoms with Crippen LogP contribution in [0.4, 0.5) is 0 Å². The van der Waals surface area contributed by atoms with Crippen molar-refractivity contribution in [1.82, 2.24) is 9.97 Å². The van der Waals surface area contributed by atoms with Gasteiger partial charge in [0.25, 0.3) is 0 Å². The third kappa shape index (κ3) is 4.22. The summed E-state index contributed by atoms with van der Waals surface area (Å²) >= 11 is 1.78. The van der Waals surface area contributed by atoms with Gasteiger partial charge in [-0.05, 0) is 34.1 Å². The van der Waals surface area contributed by atoms with E-state index < -0.39 is 31.5 Å². The number of thioether (sulfide) groups is 1. The first-order valence-electron chi connectivity index (χ1n) is 12.7. The highest BCUT2D eigenvalue weighted by Gasteiger charge is 2.69. The zero-order valence-electron chi connectivity index (χ0n) is 24.0. The molecule has 11 heteroatoms. The summed E-state index contributed by atoms with van der Waals surface area (Å²) in [5.74, 6) is 0.457. The molecule has 3 aliphatic heterocycles. The molecule has 0 amide bonds. The van der Waals surface area contributed by atoms with Crippen LogP contribution in [-0.4, -0.2) is 69.0 Å². The monoisotopic (exact) mass is 538 g/mol. The fourth-order valence-corrected chi connectivity index (χ4v) is 12.7. The summed E-state index contributed by atoms with van der Waals surface area (Å²) in [4.78, 5) is 8.99. The van der Waals surface area contributed by atoms with Crippen LogP contribution in [0.3, 0.4) is 0 Å². The van der Waals surface area contributed by atoms with Crippen LogP contribution in [-0.2, 0) is 22.8 Å². The van der Waals surface area contributed by atoms with E-state index in [2.05, 4.69) is 79.2 Å². The first-order valence-corrected chi connectivity index (χ1v) is 15.4. The first kappa shape index (κ1) is 28.2. The largest absolute Gasteiger partial charge is 0.481 e. The maximum atomic E-state index is 7.16. The molecule has 0 aromatic carbocycles. The molecule has 0 spiro atoms. The molecular weight excluding hydrogens is 495 g/mol. The molecule has 1 aromatic heterocycles. The van der Waals surface area contributed by atoms with Crippen LogP contribution in [0.5, 0.6) is 11.9 Å². The van der Waals surface area contributed by atoms with Gasteiger partial charge in [0.15, 0.2) is 0 Å². The second kappa shape index (κ2) is 8.84. The zero-order valence-corrected chi connectivity index (χ0v) is 25.8. The number of rotatable bonds is 4. The summed E-state index contributed by atoms with van der Waals surface area (Å²) in [7, 11) is -0.0286. The predicted molar refractivity (Wildman–Crippen MR) is 145 cm³/mol. The van der Waals surface area contributed by atoms with E-state index in [1.54, 1.807) is 32.2 Å². The Kier molecular flexibility index (Phi) is 6.92. The molecule has 0 radical (unpaired) electrons. The van der Waals surface area contributed by atoms with Gasteiger partial charge in [0.1, 0.15) is 0 Å². The molecule has 8 nitrogen and oxygen atoms in total. The highest BCUT2D eigenvalue weighted by atomic mass is 32.2. The summed E-state index contributed by atoms with van der Waals surface area (Å²) in [5, 5.41) is -0.0874. The molecule has 3 atom stereocenters. The van der Waals surface area contributed by atoms with Gasteiger partial charge >= 0.3 is 21.7 Å². The SMILES string of the molecule is COc1ncc([C@@]2(B3OC(C)(C)C(C)(C)O3)C[C@@H]3O[Si](C(C)(C)C)(C(C)(C)C)OC[C@H]3S2)c(OC)n1. The number of ether oxygens (including phenoxy) is 2. The molecule has 3 saturated heterocycles. The van der Waals surface area contributed by atoms with Gasteiger partial charge in [-0.3, -0.25) is 0 Å². The van der Waals surface area contributed by atoms with E-state index in [4.69, 9.17) is 27.6 Å². The van der Waals surface area contributed by atoms with E-state index in [-0.39, 0.29) is 27.4 Å². The molecule has 0 saturated carbocycles. The second-order valence-electron chi connectivity index (χ2n) is 13.2. The van der Waals surface area contributed by atoms with Crippen LogP contribution in [0.1, 0.15) is 81.2 Å². The minimum Gasteiger partial charge on any atom is -0.481 e. The van der Waals surface area contributed by atoms with Crippen molar-refractivity contribution in [2.45, 2.75) is 113 Å². The summed E-state index contributed by atoms with van der Waals surface area (Å²) in [5.41, 5.74) is -0.163. The van der Waals surface area contributed by atoms with Crippen molar-refractivity contribution in [3.63, 3.8) is 0 Å². The number of methoxy groups -OCH3 is 2. The van der Waals surface area contributed by atoms with Crippen LogP contribution in [0.2, 0.25) is 10.1 Å². The molecule has 3 aliphatic rings. The van der Waals surface area contributed by atoms with E-state index in [1.165, 1.54) is 0 Å². The Labute approximate surface area is 222 Å². The number of hydrogen-bond acceptors (Lipinski definition) is 9. The van der Waals surface area contributed by atoms with Crippen LogP contribution in [0, 0.1) is 0 Å². The summed E-state index contributed by atoms with van der Waals surface area (Å²) < 4.78 is 37.7. The van der Waals surface area contributed by atoms with Crippen molar-refractivity contribution in [3.05, 3.63) is 11.8 Å². The topological polar surface area (TPSA) is 81.2 Å². The molecule has 36 heavy (non-hydrogen) atoms. The summed E-state index contributed by atoms with van der Waals surface area (Å²) in [6.07, 6.45) is 2.44. The van der Waals surface area contributed by atoms with Gasteiger partial charge in [0.2, 0.25) is 5.88 Å². The average Bonchev–Trinajstić information content (AvgIpc) is 3.25. The van der Waals surface area contributed by atoms with Gasteiger partial charge in [0.05, 0.1) is 48.0 Å². The standard InChI is InChI=1S/C25H43BN2O6SSi/c1-21(2,3)36(22(4,5)6)31-15-18-17(32-36)13-25(35-18,26-33-23(7,8)24(9,10)34-26)16-14-27-20(30-12)28-19(16)29-11/h14,17-18H,13,15H2,1-12H3/t17-,18+,25+/m0/s1. The Morgan fingerprint density at radius 3 is 2.08 bits per heavy atom. The van der Waals surface area contributed by atoms with Crippen LogP contribution >= 0.6 is 11.8 Å². The van der Waals surface area contributed by atoms with Crippen molar-refractivity contribution in [2.24, 2.45) is 0 Å². The van der Waals surface area contributed by atoms with Crippen molar-refractivity contribution in [1.29, 1.82) is 0 Å². The lowest BCUT2D eigenvalue weighted by atomic mass is 9.64. The van der Waals surface area contributed by atoms with Gasteiger partial charge < -0.3 is 27.6 Å². The quantitative estimate of drug-likeness (QED) is 0.476. The fraction of sp³-hybridized carbons (Fsp3) is 0.840. The number of aromatic nitrogens is 2. The Bertz CT molecular complexity index is 968. The van der Waals surface area contributed by atoms with Crippen molar-refractivity contribution in [3.8, 4) is 11.9 Å². The lowest BCUT2D eigenvalue weighted by Gasteiger charge is -2.53. The van der Waals surface area contributed by atoms with Crippen LogP contribution in [0.15, 0.2) is 6.20 Å². The third-order valence-electron chi connectivity index (χ3n) is 8.22. The molecule has 3 fully saturated rings. The molecular formula is C25H43BN2O6SSi. The minimum atomic E-state index is -2.65. The van der Waals surface area contributed by atoms with Gasteiger partial charge in [-0.15, -0.1) is 11.8 Å². The number of nitrogens with zero attached hydrogens (tertiary/aromatic N) is 2. The van der Waals surface area contributed by atoms with Crippen molar-refractivity contribution < 1.29 is 27.6 Å². The van der Waals surface area contributed by atoms with E-state index >= 15 is 0 Å².